The zero-order chi connectivity index (χ0) is 15.4. The molecule has 0 radical (unpaired) electrons. The van der Waals surface area contributed by atoms with Crippen LogP contribution in [0.2, 0.25) is 10.0 Å². The Kier molecular flexibility index (Phi) is 5.44. The molecule has 0 aliphatic carbocycles. The molecule has 21 heavy (non-hydrogen) atoms. The molecule has 0 aromatic heterocycles. The Morgan fingerprint density at radius 1 is 1.24 bits per heavy atom. The summed E-state index contributed by atoms with van der Waals surface area (Å²) in [6.07, 6.45) is 1.48. The smallest absolute Gasteiger partial charge is 0.272 e. The molecule has 0 saturated heterocycles. The summed E-state index contributed by atoms with van der Waals surface area (Å²) in [5, 5.41) is 14.0. The molecular weight excluding hydrogens is 426 g/mol. The normalized spacial score (nSPS) is 10.8. The predicted octanol–water partition coefficient (Wildman–Crippen LogP) is 4.07. The predicted molar refractivity (Wildman–Crippen MR) is 92.3 cm³/mol. The highest BCUT2D eigenvalue weighted by Crippen LogP contribution is 2.21. The lowest BCUT2D eigenvalue weighted by atomic mass is 10.2. The summed E-state index contributed by atoms with van der Waals surface area (Å²) in [4.78, 5) is 11.9. The van der Waals surface area contributed by atoms with E-state index in [-0.39, 0.29) is 10.8 Å². The van der Waals surface area contributed by atoms with Crippen LogP contribution in [0.15, 0.2) is 41.5 Å². The van der Waals surface area contributed by atoms with E-state index in [0.717, 1.165) is 5.56 Å². The van der Waals surface area contributed by atoms with Gasteiger partial charge in [0.05, 0.1) is 20.4 Å². The summed E-state index contributed by atoms with van der Waals surface area (Å²) in [5.74, 6) is -0.230. The minimum atomic E-state index is -0.429. The van der Waals surface area contributed by atoms with E-state index >= 15 is 0 Å². The highest BCUT2D eigenvalue weighted by atomic mass is 127. The van der Waals surface area contributed by atoms with Crippen LogP contribution in [0.5, 0.6) is 5.75 Å². The molecule has 0 aliphatic heterocycles. The van der Waals surface area contributed by atoms with Gasteiger partial charge in [0.1, 0.15) is 5.75 Å². The number of phenolic OH excluding ortho intramolecular Hbond substituents is 1. The summed E-state index contributed by atoms with van der Waals surface area (Å²) in [6.45, 7) is 0. The van der Waals surface area contributed by atoms with Gasteiger partial charge in [0.2, 0.25) is 0 Å². The van der Waals surface area contributed by atoms with Crippen molar-refractivity contribution >= 4 is 57.9 Å². The molecule has 2 N–H and O–H groups in total. The maximum atomic E-state index is 11.9. The second-order valence-corrected chi connectivity index (χ2v) is 6.04. The van der Waals surface area contributed by atoms with Gasteiger partial charge < -0.3 is 5.11 Å². The van der Waals surface area contributed by atoms with Crippen molar-refractivity contribution in [2.24, 2.45) is 5.10 Å². The Labute approximate surface area is 144 Å². The molecule has 2 aromatic rings. The zero-order valence-corrected chi connectivity index (χ0v) is 14.1. The number of benzene rings is 2. The van der Waals surface area contributed by atoms with Gasteiger partial charge in [-0.1, -0.05) is 23.2 Å². The van der Waals surface area contributed by atoms with E-state index in [9.17, 15) is 9.90 Å². The van der Waals surface area contributed by atoms with Gasteiger partial charge in [-0.3, -0.25) is 4.79 Å². The number of hydrogen-bond acceptors (Lipinski definition) is 3. The third-order valence-corrected chi connectivity index (χ3v) is 3.94. The molecule has 0 saturated carbocycles. The van der Waals surface area contributed by atoms with E-state index < -0.39 is 5.91 Å². The van der Waals surface area contributed by atoms with Crippen LogP contribution in [0.3, 0.4) is 0 Å². The van der Waals surface area contributed by atoms with Crippen LogP contribution >= 0.6 is 45.8 Å². The van der Waals surface area contributed by atoms with Gasteiger partial charge in [-0.25, -0.2) is 5.43 Å². The Morgan fingerprint density at radius 3 is 2.67 bits per heavy atom. The highest BCUT2D eigenvalue weighted by molar-refractivity contribution is 14.1. The van der Waals surface area contributed by atoms with E-state index in [1.54, 1.807) is 24.3 Å². The maximum Gasteiger partial charge on any atom is 0.272 e. The maximum absolute atomic E-state index is 11.9. The van der Waals surface area contributed by atoms with Crippen LogP contribution in [-0.4, -0.2) is 17.2 Å². The molecule has 0 unspecified atom stereocenters. The molecule has 4 nitrogen and oxygen atoms in total. The fraction of sp³-hybridized carbons (Fsp3) is 0. The van der Waals surface area contributed by atoms with Crippen molar-refractivity contribution in [3.63, 3.8) is 0 Å². The summed E-state index contributed by atoms with van der Waals surface area (Å²) >= 11 is 13.7. The Morgan fingerprint density at radius 2 is 2.00 bits per heavy atom. The standard InChI is InChI=1S/C14H9Cl2IN2O2/c15-9-2-3-10(11(16)6-9)14(21)19-18-7-8-1-4-13(20)12(17)5-8/h1-7,20H,(H,19,21)/b18-7-. The van der Waals surface area contributed by atoms with Gasteiger partial charge in [-0.2, -0.15) is 5.10 Å². The zero-order valence-electron chi connectivity index (χ0n) is 10.5. The van der Waals surface area contributed by atoms with E-state index in [1.807, 2.05) is 22.6 Å². The molecule has 0 atom stereocenters. The average molecular weight is 435 g/mol. The number of halogens is 3. The van der Waals surface area contributed by atoms with Crippen LogP contribution in [0, 0.1) is 3.57 Å². The van der Waals surface area contributed by atoms with Crippen molar-refractivity contribution in [1.82, 2.24) is 5.43 Å². The summed E-state index contributed by atoms with van der Waals surface area (Å²) in [6, 6.07) is 9.57. The molecule has 0 fully saturated rings. The van der Waals surface area contributed by atoms with Gasteiger partial charge in [-0.15, -0.1) is 0 Å². The fourth-order valence-corrected chi connectivity index (χ4v) is 2.54. The van der Waals surface area contributed by atoms with E-state index in [1.165, 1.54) is 18.3 Å². The molecule has 108 valence electrons. The number of aromatic hydroxyl groups is 1. The molecule has 2 aromatic carbocycles. The topological polar surface area (TPSA) is 61.7 Å². The first-order valence-electron chi connectivity index (χ1n) is 5.74. The van der Waals surface area contributed by atoms with Crippen molar-refractivity contribution in [3.05, 3.63) is 61.1 Å². The highest BCUT2D eigenvalue weighted by Gasteiger charge is 2.09. The Balaban J connectivity index is 2.06. The molecule has 0 bridgehead atoms. The lowest BCUT2D eigenvalue weighted by Crippen LogP contribution is -2.18. The third-order valence-electron chi connectivity index (χ3n) is 2.53. The van der Waals surface area contributed by atoms with Gasteiger partial charge in [0.15, 0.2) is 0 Å². The number of carbonyl (C=O) groups is 1. The number of phenols is 1. The van der Waals surface area contributed by atoms with E-state index in [2.05, 4.69) is 10.5 Å². The molecule has 0 spiro atoms. The van der Waals surface area contributed by atoms with Gasteiger partial charge >= 0.3 is 0 Å². The van der Waals surface area contributed by atoms with Crippen molar-refractivity contribution < 1.29 is 9.90 Å². The average Bonchev–Trinajstić information content (AvgIpc) is 2.42. The van der Waals surface area contributed by atoms with Gasteiger partial charge in [0, 0.05) is 5.02 Å². The molecule has 0 aliphatic rings. The first-order valence-corrected chi connectivity index (χ1v) is 7.58. The van der Waals surface area contributed by atoms with Crippen LogP contribution in [0.1, 0.15) is 15.9 Å². The van der Waals surface area contributed by atoms with Crippen molar-refractivity contribution in [1.29, 1.82) is 0 Å². The number of nitrogens with zero attached hydrogens (tertiary/aromatic N) is 1. The number of carbonyl (C=O) groups excluding carboxylic acids is 1. The monoisotopic (exact) mass is 434 g/mol. The van der Waals surface area contributed by atoms with E-state index in [0.29, 0.717) is 14.2 Å². The lowest BCUT2D eigenvalue weighted by Gasteiger charge is -2.03. The van der Waals surface area contributed by atoms with Gasteiger partial charge in [0.25, 0.3) is 5.91 Å². The number of hydrazone groups is 1. The SMILES string of the molecule is O=C(N/N=C\c1ccc(O)c(I)c1)c1ccc(Cl)cc1Cl. The molecule has 2 rings (SSSR count). The first kappa shape index (κ1) is 16.1. The Hall–Kier alpha value is -1.31. The quantitative estimate of drug-likeness (QED) is 0.434. The summed E-state index contributed by atoms with van der Waals surface area (Å²) < 4.78 is 0.698. The molecule has 7 heteroatoms. The summed E-state index contributed by atoms with van der Waals surface area (Å²) in [5.41, 5.74) is 3.42. The minimum Gasteiger partial charge on any atom is -0.507 e. The number of rotatable bonds is 3. The molecule has 1 amide bonds. The van der Waals surface area contributed by atoms with Crippen molar-refractivity contribution in [2.45, 2.75) is 0 Å². The van der Waals surface area contributed by atoms with Crippen LogP contribution < -0.4 is 5.43 Å². The lowest BCUT2D eigenvalue weighted by molar-refractivity contribution is 0.0955. The number of hydrogen-bond donors (Lipinski definition) is 2. The fourth-order valence-electron chi connectivity index (χ4n) is 1.50. The second-order valence-electron chi connectivity index (χ2n) is 4.03. The second kappa shape index (κ2) is 7.11. The molecule has 0 heterocycles. The number of nitrogens with one attached hydrogen (secondary N) is 1. The number of amides is 1. The Bertz CT molecular complexity index is 720. The van der Waals surface area contributed by atoms with E-state index in [4.69, 9.17) is 23.2 Å². The van der Waals surface area contributed by atoms with Gasteiger partial charge in [-0.05, 0) is 64.6 Å². The van der Waals surface area contributed by atoms with Crippen LogP contribution in [0.25, 0.3) is 0 Å². The molecular formula is C14H9Cl2IN2O2. The van der Waals surface area contributed by atoms with Crippen molar-refractivity contribution in [2.75, 3.05) is 0 Å². The largest absolute Gasteiger partial charge is 0.507 e. The minimum absolute atomic E-state index is 0.199. The van der Waals surface area contributed by atoms with Crippen molar-refractivity contribution in [3.8, 4) is 5.75 Å². The van der Waals surface area contributed by atoms with Crippen LogP contribution in [-0.2, 0) is 0 Å². The first-order chi connectivity index (χ1) is 9.97. The summed E-state index contributed by atoms with van der Waals surface area (Å²) in [7, 11) is 0. The third kappa shape index (κ3) is 4.33. The van der Waals surface area contributed by atoms with Crippen LogP contribution in [0.4, 0.5) is 0 Å².